The highest BCUT2D eigenvalue weighted by atomic mass is 32.2. The predicted octanol–water partition coefficient (Wildman–Crippen LogP) is 7.29. The van der Waals surface area contributed by atoms with E-state index in [0.29, 0.717) is 0 Å². The van der Waals surface area contributed by atoms with Crippen LogP contribution >= 0.6 is 12.6 Å². The second kappa shape index (κ2) is 10.4. The van der Waals surface area contributed by atoms with Gasteiger partial charge in [-0.25, -0.2) is 4.39 Å². The van der Waals surface area contributed by atoms with Crippen LogP contribution in [0.1, 0.15) is 11.1 Å². The molecule has 3 nitrogen and oxygen atoms in total. The first-order valence-electron chi connectivity index (χ1n) is 9.57. The van der Waals surface area contributed by atoms with Crippen LogP contribution in [0.3, 0.4) is 0 Å². The second-order valence-corrected chi connectivity index (χ2v) is 9.35. The predicted molar refractivity (Wildman–Crippen MR) is 121 cm³/mol. The highest BCUT2D eigenvalue weighted by Gasteiger charge is 2.64. The van der Waals surface area contributed by atoms with E-state index >= 15 is 0 Å². The third kappa shape index (κ3) is 6.55. The van der Waals surface area contributed by atoms with Crippen molar-refractivity contribution in [1.29, 1.82) is 0 Å². The van der Waals surface area contributed by atoms with Gasteiger partial charge in [-0.3, -0.25) is 4.55 Å². The van der Waals surface area contributed by atoms with Crippen LogP contribution < -0.4 is 0 Å². The molecule has 0 saturated carbocycles. The molecule has 1 atom stereocenters. The molecule has 0 aliphatic heterocycles. The first-order valence-corrected chi connectivity index (χ1v) is 11.5. The van der Waals surface area contributed by atoms with E-state index in [2.05, 4.69) is 93.2 Å². The van der Waals surface area contributed by atoms with Crippen molar-refractivity contribution in [2.45, 2.75) is 36.3 Å². The zero-order chi connectivity index (χ0) is 25.9. The van der Waals surface area contributed by atoms with Crippen molar-refractivity contribution in [2.75, 3.05) is 0 Å². The Hall–Kier alpha value is -2.50. The molecule has 3 aromatic rings. The Kier molecular flexibility index (Phi) is 8.49. The Balaban J connectivity index is 0.000000273. The average molecular weight is 523 g/mol. The van der Waals surface area contributed by atoms with Gasteiger partial charge in [-0.15, -0.1) is 12.6 Å². The number of rotatable bonds is 4. The van der Waals surface area contributed by atoms with Gasteiger partial charge in [0.15, 0.2) is 0 Å². The number of hydrogen-bond acceptors (Lipinski definition) is 3. The van der Waals surface area contributed by atoms with Crippen molar-refractivity contribution in [1.82, 2.24) is 0 Å². The van der Waals surface area contributed by atoms with E-state index < -0.39 is 27.7 Å². The van der Waals surface area contributed by atoms with Crippen molar-refractivity contribution < 1.29 is 39.3 Å². The monoisotopic (exact) mass is 522 g/mol. The summed E-state index contributed by atoms with van der Waals surface area (Å²) in [6.45, 7) is 4.22. The smallest absolute Gasteiger partial charge is 0.281 e. The van der Waals surface area contributed by atoms with Crippen molar-refractivity contribution in [3.05, 3.63) is 77.9 Å². The molecule has 0 bridgehead atoms. The molecule has 11 heteroatoms. The van der Waals surface area contributed by atoms with Crippen LogP contribution in [0.5, 0.6) is 0 Å². The maximum Gasteiger partial charge on any atom is 0.426 e. The summed E-state index contributed by atoms with van der Waals surface area (Å²) in [6.07, 6.45) is -11.0. The van der Waals surface area contributed by atoms with E-state index in [9.17, 15) is 34.8 Å². The molecule has 1 unspecified atom stereocenters. The number of hydrogen-bond donors (Lipinski definition) is 2. The zero-order valence-electron chi connectivity index (χ0n) is 17.8. The summed E-state index contributed by atoms with van der Waals surface area (Å²) in [7, 11) is -6.41. The zero-order valence-corrected chi connectivity index (χ0v) is 19.5. The number of alkyl halides is 6. The summed E-state index contributed by atoms with van der Waals surface area (Å²) in [5, 5.41) is -5.88. The van der Waals surface area contributed by atoms with Crippen LogP contribution in [0, 0.1) is 13.8 Å². The van der Waals surface area contributed by atoms with E-state index in [1.54, 1.807) is 0 Å². The van der Waals surface area contributed by atoms with Gasteiger partial charge in [0, 0.05) is 10.5 Å². The topological polar surface area (TPSA) is 54.4 Å². The van der Waals surface area contributed by atoms with Crippen molar-refractivity contribution in [3.8, 4) is 22.3 Å². The number of halogens is 6. The molecule has 0 fully saturated rings. The lowest BCUT2D eigenvalue weighted by Crippen LogP contribution is -2.46. The molecule has 1 N–H and O–H groups in total. The molecule has 0 aliphatic rings. The Bertz CT molecular complexity index is 1220. The molecule has 0 spiro atoms. The second-order valence-electron chi connectivity index (χ2n) is 7.37. The minimum absolute atomic E-state index is 1.01. The molecule has 184 valence electrons. The molecule has 3 rings (SSSR count). The lowest BCUT2D eigenvalue weighted by molar-refractivity contribution is -0.223. The minimum atomic E-state index is -6.41. The molecule has 0 heterocycles. The lowest BCUT2D eigenvalue weighted by atomic mass is 9.93. The summed E-state index contributed by atoms with van der Waals surface area (Å²) >= 11 is 4.68. The normalized spacial score (nSPS) is 13.1. The van der Waals surface area contributed by atoms with Gasteiger partial charge in [0.25, 0.3) is 6.17 Å². The molecular formula is C23H20F6O3S2. The first kappa shape index (κ1) is 27.7. The first-order chi connectivity index (χ1) is 15.6. The maximum atomic E-state index is 11.9. The molecule has 3 aromatic carbocycles. The van der Waals surface area contributed by atoms with Crippen LogP contribution in [0.15, 0.2) is 71.6 Å². The van der Waals surface area contributed by atoms with Gasteiger partial charge in [0.2, 0.25) is 0 Å². The quantitative estimate of drug-likeness (QED) is 0.215. The van der Waals surface area contributed by atoms with Gasteiger partial charge < -0.3 is 0 Å². The summed E-state index contributed by atoms with van der Waals surface area (Å²) in [5.74, 6) is 0. The summed E-state index contributed by atoms with van der Waals surface area (Å²) < 4.78 is 96.1. The largest absolute Gasteiger partial charge is 0.426 e. The SMILES string of the molecule is Cc1ccc(-c2cccc(S)c2-c2ccc(C)cc2)cc1.O=S(=O)(O)C(F)(F)C(F)C(F)(F)F. The number of benzene rings is 3. The van der Waals surface area contributed by atoms with E-state index in [4.69, 9.17) is 4.55 Å². The lowest BCUT2D eigenvalue weighted by Gasteiger charge is -2.19. The fourth-order valence-electron chi connectivity index (χ4n) is 2.86. The van der Waals surface area contributed by atoms with E-state index in [1.807, 2.05) is 0 Å². The summed E-state index contributed by atoms with van der Waals surface area (Å²) in [4.78, 5) is 1.01. The Morgan fingerprint density at radius 3 is 1.62 bits per heavy atom. The fourth-order valence-corrected chi connectivity index (χ4v) is 3.59. The van der Waals surface area contributed by atoms with Crippen molar-refractivity contribution in [2.24, 2.45) is 0 Å². The summed E-state index contributed by atoms with van der Waals surface area (Å²) in [6, 6.07) is 23.6. The molecule has 34 heavy (non-hydrogen) atoms. The molecule has 0 amide bonds. The highest BCUT2D eigenvalue weighted by Crippen LogP contribution is 2.38. The van der Waals surface area contributed by atoms with Crippen LogP contribution in [-0.2, 0) is 10.1 Å². The highest BCUT2D eigenvalue weighted by molar-refractivity contribution is 7.86. The average Bonchev–Trinajstić information content (AvgIpc) is 2.73. The molecule has 0 radical (unpaired) electrons. The molecule has 0 aromatic heterocycles. The van der Waals surface area contributed by atoms with Crippen LogP contribution in [-0.4, -0.2) is 30.6 Å². The molecule has 0 saturated heterocycles. The van der Waals surface area contributed by atoms with Gasteiger partial charge >= 0.3 is 21.5 Å². The van der Waals surface area contributed by atoms with Crippen LogP contribution in [0.25, 0.3) is 22.3 Å². The third-order valence-electron chi connectivity index (χ3n) is 4.67. The van der Waals surface area contributed by atoms with Crippen LogP contribution in [0.2, 0.25) is 0 Å². The van der Waals surface area contributed by atoms with E-state index in [1.165, 1.54) is 33.4 Å². The molecular weight excluding hydrogens is 502 g/mol. The van der Waals surface area contributed by atoms with Gasteiger partial charge in [-0.05, 0) is 36.6 Å². The number of aryl methyl sites for hydroxylation is 2. The Labute approximate surface area is 198 Å². The van der Waals surface area contributed by atoms with Crippen molar-refractivity contribution in [3.63, 3.8) is 0 Å². The van der Waals surface area contributed by atoms with E-state index in [0.717, 1.165) is 4.90 Å². The van der Waals surface area contributed by atoms with Gasteiger partial charge in [-0.2, -0.15) is 30.4 Å². The molecule has 0 aliphatic carbocycles. The van der Waals surface area contributed by atoms with Gasteiger partial charge in [-0.1, -0.05) is 71.8 Å². The van der Waals surface area contributed by atoms with Crippen molar-refractivity contribution >= 4 is 22.7 Å². The van der Waals surface area contributed by atoms with E-state index in [-0.39, 0.29) is 0 Å². The van der Waals surface area contributed by atoms with Crippen LogP contribution in [0.4, 0.5) is 26.3 Å². The summed E-state index contributed by atoms with van der Waals surface area (Å²) in [5.41, 5.74) is 7.41. The Morgan fingerprint density at radius 1 is 0.794 bits per heavy atom. The number of thiol groups is 1. The standard InChI is InChI=1S/C20H18S.C3H2F6O3S/c1-14-6-10-16(11-7-14)18-4-3-5-19(21)20(18)17-12-8-15(2)9-13-17;4-1(2(5,6)7)3(8,9)13(10,11)12/h3-13,21H,1-2H3;1H,(H,10,11,12). The van der Waals surface area contributed by atoms with Gasteiger partial charge in [0.1, 0.15) is 0 Å². The Morgan fingerprint density at radius 2 is 1.24 bits per heavy atom. The maximum absolute atomic E-state index is 11.9. The minimum Gasteiger partial charge on any atom is -0.281 e. The van der Waals surface area contributed by atoms with Gasteiger partial charge in [0.05, 0.1) is 0 Å². The third-order valence-corrected chi connectivity index (χ3v) is 5.94. The fraction of sp³-hybridized carbons (Fsp3) is 0.217.